The van der Waals surface area contributed by atoms with Crippen molar-refractivity contribution in [2.75, 3.05) is 0 Å². The smallest absolute Gasteiger partial charge is 0.307 e. The van der Waals surface area contributed by atoms with Crippen LogP contribution in [-0.2, 0) is 11.2 Å². The summed E-state index contributed by atoms with van der Waals surface area (Å²) in [6.07, 6.45) is -0.145. The number of fused-ring (bicyclic) bond motifs is 2. The minimum absolute atomic E-state index is 0.110. The van der Waals surface area contributed by atoms with E-state index in [4.69, 9.17) is 10.8 Å². The van der Waals surface area contributed by atoms with Crippen LogP contribution < -0.4 is 5.73 Å². The minimum Gasteiger partial charge on any atom is -0.481 e. The van der Waals surface area contributed by atoms with E-state index in [2.05, 4.69) is 15.9 Å². The van der Waals surface area contributed by atoms with Gasteiger partial charge >= 0.3 is 5.97 Å². The number of carbonyl (C=O) groups excluding carboxylic acids is 1. The first-order chi connectivity index (χ1) is 9.99. The highest BCUT2D eigenvalue weighted by Crippen LogP contribution is 2.36. The molecule has 1 atom stereocenters. The van der Waals surface area contributed by atoms with Crippen molar-refractivity contribution in [3.63, 3.8) is 0 Å². The second-order valence-electron chi connectivity index (χ2n) is 4.99. The molecular formula is C16H12BrNO3. The molecule has 0 heterocycles. The van der Waals surface area contributed by atoms with Gasteiger partial charge in [-0.25, -0.2) is 0 Å². The van der Waals surface area contributed by atoms with Crippen LogP contribution in [0.3, 0.4) is 0 Å². The van der Waals surface area contributed by atoms with E-state index >= 15 is 0 Å². The van der Waals surface area contributed by atoms with Gasteiger partial charge in [0.05, 0.1) is 12.5 Å². The Labute approximate surface area is 129 Å². The lowest BCUT2D eigenvalue weighted by atomic mass is 9.79. The zero-order valence-corrected chi connectivity index (χ0v) is 12.6. The molecule has 0 bridgehead atoms. The Bertz CT molecular complexity index is 770. The van der Waals surface area contributed by atoms with Crippen molar-refractivity contribution in [2.24, 2.45) is 5.73 Å². The Kier molecular flexibility index (Phi) is 3.39. The maximum Gasteiger partial charge on any atom is 0.307 e. The van der Waals surface area contributed by atoms with Crippen LogP contribution in [0.5, 0.6) is 0 Å². The molecule has 1 unspecified atom stereocenters. The molecule has 0 aliphatic heterocycles. The number of rotatable bonds is 2. The van der Waals surface area contributed by atoms with E-state index in [1.54, 1.807) is 30.3 Å². The van der Waals surface area contributed by atoms with Gasteiger partial charge in [0.25, 0.3) is 0 Å². The van der Waals surface area contributed by atoms with Gasteiger partial charge in [0.15, 0.2) is 5.78 Å². The van der Waals surface area contributed by atoms with Crippen molar-refractivity contribution >= 4 is 27.7 Å². The average molecular weight is 346 g/mol. The van der Waals surface area contributed by atoms with E-state index in [1.807, 2.05) is 6.07 Å². The van der Waals surface area contributed by atoms with Gasteiger partial charge in [-0.2, -0.15) is 0 Å². The third-order valence-electron chi connectivity index (χ3n) is 3.69. The highest BCUT2D eigenvalue weighted by molar-refractivity contribution is 9.10. The summed E-state index contributed by atoms with van der Waals surface area (Å²) >= 11 is 3.38. The van der Waals surface area contributed by atoms with Gasteiger partial charge in [0.1, 0.15) is 0 Å². The van der Waals surface area contributed by atoms with Crippen LogP contribution in [0.2, 0.25) is 0 Å². The quantitative estimate of drug-likeness (QED) is 0.876. The molecule has 0 radical (unpaired) electrons. The molecule has 21 heavy (non-hydrogen) atoms. The number of hydrogen-bond acceptors (Lipinski definition) is 3. The van der Waals surface area contributed by atoms with Gasteiger partial charge in [-0.05, 0) is 34.9 Å². The van der Waals surface area contributed by atoms with E-state index in [9.17, 15) is 9.59 Å². The molecule has 0 saturated carbocycles. The first-order valence-electron chi connectivity index (χ1n) is 6.42. The standard InChI is InChI=1S/C16H12BrNO3/c17-9-4-5-10-12(7-9)15(18)14-8(6-13(19)20)2-1-3-11(14)16(10)21/h1-5,7,15H,6,18H2,(H,19,20). The molecule has 4 nitrogen and oxygen atoms in total. The number of carboxylic acid groups (broad SMARTS) is 1. The SMILES string of the molecule is NC1c2cc(Br)ccc2C(=O)c2cccc(CC(=O)O)c21. The molecular weight excluding hydrogens is 334 g/mol. The van der Waals surface area contributed by atoms with Crippen LogP contribution in [0.15, 0.2) is 40.9 Å². The first-order valence-corrected chi connectivity index (χ1v) is 7.21. The van der Waals surface area contributed by atoms with Crippen LogP contribution in [0.25, 0.3) is 0 Å². The fourth-order valence-corrected chi connectivity index (χ4v) is 3.17. The van der Waals surface area contributed by atoms with Gasteiger partial charge in [-0.3, -0.25) is 9.59 Å². The Morgan fingerprint density at radius 3 is 2.71 bits per heavy atom. The zero-order chi connectivity index (χ0) is 15.1. The molecule has 2 aromatic rings. The second-order valence-corrected chi connectivity index (χ2v) is 5.90. The maximum absolute atomic E-state index is 12.6. The third-order valence-corrected chi connectivity index (χ3v) is 4.18. The van der Waals surface area contributed by atoms with Crippen LogP contribution in [-0.4, -0.2) is 16.9 Å². The first kappa shape index (κ1) is 14.0. The van der Waals surface area contributed by atoms with Crippen molar-refractivity contribution in [1.29, 1.82) is 0 Å². The summed E-state index contributed by atoms with van der Waals surface area (Å²) < 4.78 is 0.837. The van der Waals surface area contributed by atoms with E-state index in [0.717, 1.165) is 10.0 Å². The summed E-state index contributed by atoms with van der Waals surface area (Å²) in [4.78, 5) is 23.6. The van der Waals surface area contributed by atoms with Crippen molar-refractivity contribution in [3.05, 3.63) is 68.7 Å². The number of carbonyl (C=O) groups is 2. The normalized spacial score (nSPS) is 16.3. The molecule has 5 heteroatoms. The molecule has 1 aliphatic carbocycles. The predicted octanol–water partition coefficient (Wildman–Crippen LogP) is 2.67. The summed E-state index contributed by atoms with van der Waals surface area (Å²) in [7, 11) is 0. The van der Waals surface area contributed by atoms with E-state index in [0.29, 0.717) is 22.3 Å². The number of nitrogens with two attached hydrogens (primary N) is 1. The summed E-state index contributed by atoms with van der Waals surface area (Å²) in [5.74, 6) is -1.05. The number of aliphatic carboxylic acids is 1. The molecule has 1 aliphatic rings. The molecule has 0 saturated heterocycles. The van der Waals surface area contributed by atoms with Gasteiger partial charge in [-0.15, -0.1) is 0 Å². The van der Waals surface area contributed by atoms with E-state index < -0.39 is 12.0 Å². The minimum atomic E-state index is -0.942. The summed E-state index contributed by atoms with van der Waals surface area (Å²) in [6, 6.07) is 9.98. The largest absolute Gasteiger partial charge is 0.481 e. The molecule has 0 aromatic heterocycles. The monoisotopic (exact) mass is 345 g/mol. The number of hydrogen-bond donors (Lipinski definition) is 2. The fourth-order valence-electron chi connectivity index (χ4n) is 2.79. The van der Waals surface area contributed by atoms with Gasteiger partial charge < -0.3 is 10.8 Å². The topological polar surface area (TPSA) is 80.4 Å². The Morgan fingerprint density at radius 2 is 2.00 bits per heavy atom. The van der Waals surface area contributed by atoms with Crippen molar-refractivity contribution in [1.82, 2.24) is 0 Å². The Morgan fingerprint density at radius 1 is 1.24 bits per heavy atom. The molecule has 2 aromatic carbocycles. The molecule has 0 spiro atoms. The lowest BCUT2D eigenvalue weighted by molar-refractivity contribution is -0.136. The van der Waals surface area contributed by atoms with Gasteiger partial charge in [0.2, 0.25) is 0 Å². The zero-order valence-electron chi connectivity index (χ0n) is 11.0. The lowest BCUT2D eigenvalue weighted by Crippen LogP contribution is -2.26. The Hall–Kier alpha value is -1.98. The van der Waals surface area contributed by atoms with E-state index in [-0.39, 0.29) is 12.2 Å². The fraction of sp³-hybridized carbons (Fsp3) is 0.125. The average Bonchev–Trinajstić information content (AvgIpc) is 2.44. The maximum atomic E-state index is 12.6. The van der Waals surface area contributed by atoms with Crippen LogP contribution in [0, 0.1) is 0 Å². The lowest BCUT2D eigenvalue weighted by Gasteiger charge is -2.27. The molecule has 0 amide bonds. The third kappa shape index (κ3) is 2.28. The van der Waals surface area contributed by atoms with Crippen LogP contribution in [0.4, 0.5) is 0 Å². The molecule has 106 valence electrons. The molecule has 3 N–H and O–H groups in total. The Balaban J connectivity index is 2.23. The summed E-state index contributed by atoms with van der Waals surface area (Å²) in [6.45, 7) is 0. The van der Waals surface area contributed by atoms with Crippen molar-refractivity contribution in [2.45, 2.75) is 12.5 Å². The summed E-state index contributed by atoms with van der Waals surface area (Å²) in [5, 5.41) is 9.03. The highest BCUT2D eigenvalue weighted by Gasteiger charge is 2.31. The molecule has 0 fully saturated rings. The number of ketones is 1. The summed E-state index contributed by atoms with van der Waals surface area (Å²) in [5.41, 5.74) is 9.30. The number of carboxylic acids is 1. The van der Waals surface area contributed by atoms with Crippen LogP contribution >= 0.6 is 15.9 Å². The number of benzene rings is 2. The van der Waals surface area contributed by atoms with Crippen molar-refractivity contribution < 1.29 is 14.7 Å². The number of halogens is 1. The van der Waals surface area contributed by atoms with Gasteiger partial charge in [0, 0.05) is 15.6 Å². The highest BCUT2D eigenvalue weighted by atomic mass is 79.9. The van der Waals surface area contributed by atoms with Crippen LogP contribution in [0.1, 0.15) is 38.7 Å². The van der Waals surface area contributed by atoms with Crippen molar-refractivity contribution in [3.8, 4) is 0 Å². The van der Waals surface area contributed by atoms with Gasteiger partial charge in [-0.1, -0.05) is 34.1 Å². The molecule has 3 rings (SSSR count). The predicted molar refractivity (Wildman–Crippen MR) is 81.4 cm³/mol. The second kappa shape index (κ2) is 5.09. The van der Waals surface area contributed by atoms with E-state index in [1.165, 1.54) is 0 Å².